The van der Waals surface area contributed by atoms with E-state index >= 15 is 0 Å². The molecule has 1 aliphatic rings. The third-order valence-corrected chi connectivity index (χ3v) is 4.49. The average molecular weight is 310 g/mol. The van der Waals surface area contributed by atoms with E-state index in [-0.39, 0.29) is 11.8 Å². The molecule has 1 amide bonds. The molecule has 0 spiro atoms. The Morgan fingerprint density at radius 3 is 2.38 bits per heavy atom. The fourth-order valence-corrected chi connectivity index (χ4v) is 2.90. The third kappa shape index (κ3) is 3.55. The van der Waals surface area contributed by atoms with Crippen molar-refractivity contribution in [1.82, 2.24) is 14.8 Å². The maximum absolute atomic E-state index is 12.7. The maximum Gasteiger partial charge on any atom is 0.254 e. The highest BCUT2D eigenvalue weighted by Gasteiger charge is 2.30. The second-order valence-corrected chi connectivity index (χ2v) is 6.72. The standard InChI is InChI=1S/C16H24ClN3O/c1-10(2)14-6-13(7-15(17)18-14)16(21)20-8-11(3)19(5)12(4)9-20/h6-7,10-12H,8-9H2,1-5H3. The molecule has 1 fully saturated rings. The van der Waals surface area contributed by atoms with Crippen molar-refractivity contribution in [1.29, 1.82) is 0 Å². The number of piperazine rings is 1. The van der Waals surface area contributed by atoms with Crippen LogP contribution in [-0.2, 0) is 0 Å². The molecule has 5 heteroatoms. The summed E-state index contributed by atoms with van der Waals surface area (Å²) in [5.41, 5.74) is 1.50. The minimum atomic E-state index is 0.0491. The summed E-state index contributed by atoms with van der Waals surface area (Å²) in [5, 5.41) is 0.389. The minimum Gasteiger partial charge on any atom is -0.336 e. The monoisotopic (exact) mass is 309 g/mol. The lowest BCUT2D eigenvalue weighted by Gasteiger charge is -2.42. The lowest BCUT2D eigenvalue weighted by molar-refractivity contribution is 0.0414. The van der Waals surface area contributed by atoms with Crippen molar-refractivity contribution in [2.75, 3.05) is 20.1 Å². The highest BCUT2D eigenvalue weighted by atomic mass is 35.5. The fraction of sp³-hybridized carbons (Fsp3) is 0.625. The van der Waals surface area contributed by atoms with Gasteiger partial charge >= 0.3 is 0 Å². The van der Waals surface area contributed by atoms with Gasteiger partial charge < -0.3 is 4.90 Å². The number of likely N-dealkylation sites (N-methyl/N-ethyl adjacent to an activating group) is 1. The Kier molecular flexibility index (Phi) is 4.89. The van der Waals surface area contributed by atoms with Crippen LogP contribution in [0.4, 0.5) is 0 Å². The van der Waals surface area contributed by atoms with Crippen LogP contribution in [0.2, 0.25) is 5.15 Å². The molecule has 1 saturated heterocycles. The van der Waals surface area contributed by atoms with Crippen molar-refractivity contribution in [3.8, 4) is 0 Å². The second kappa shape index (κ2) is 6.32. The summed E-state index contributed by atoms with van der Waals surface area (Å²) in [7, 11) is 2.11. The van der Waals surface area contributed by atoms with Gasteiger partial charge in [-0.25, -0.2) is 4.98 Å². The number of pyridine rings is 1. The molecule has 0 radical (unpaired) electrons. The Morgan fingerprint density at radius 2 is 1.86 bits per heavy atom. The first kappa shape index (κ1) is 16.2. The van der Waals surface area contributed by atoms with Gasteiger partial charge in [-0.05, 0) is 38.9 Å². The van der Waals surface area contributed by atoms with Crippen LogP contribution in [0.25, 0.3) is 0 Å². The van der Waals surface area contributed by atoms with E-state index in [1.807, 2.05) is 24.8 Å². The highest BCUT2D eigenvalue weighted by Crippen LogP contribution is 2.21. The first-order chi connectivity index (χ1) is 9.79. The van der Waals surface area contributed by atoms with E-state index in [0.29, 0.717) is 22.8 Å². The molecule has 116 valence electrons. The predicted octanol–water partition coefficient (Wildman–Crippen LogP) is 3.02. The summed E-state index contributed by atoms with van der Waals surface area (Å²) in [4.78, 5) is 21.3. The number of rotatable bonds is 2. The molecule has 0 aromatic carbocycles. The molecule has 0 N–H and O–H groups in total. The van der Waals surface area contributed by atoms with E-state index in [1.165, 1.54) is 0 Å². The summed E-state index contributed by atoms with van der Waals surface area (Å²) in [6.07, 6.45) is 0. The molecule has 2 atom stereocenters. The number of aromatic nitrogens is 1. The van der Waals surface area contributed by atoms with Gasteiger partial charge in [-0.3, -0.25) is 9.69 Å². The van der Waals surface area contributed by atoms with Gasteiger partial charge in [0.05, 0.1) is 0 Å². The Balaban J connectivity index is 2.24. The molecule has 1 aliphatic heterocycles. The van der Waals surface area contributed by atoms with Gasteiger partial charge in [0, 0.05) is 36.4 Å². The van der Waals surface area contributed by atoms with Crippen LogP contribution in [0.5, 0.6) is 0 Å². The Labute approximate surface area is 132 Å². The molecule has 21 heavy (non-hydrogen) atoms. The molecule has 0 saturated carbocycles. The Bertz CT molecular complexity index is 520. The van der Waals surface area contributed by atoms with E-state index in [2.05, 4.69) is 30.8 Å². The molecule has 2 rings (SSSR count). The molecule has 0 bridgehead atoms. The van der Waals surface area contributed by atoms with Crippen molar-refractivity contribution in [2.24, 2.45) is 0 Å². The maximum atomic E-state index is 12.7. The van der Waals surface area contributed by atoms with E-state index in [0.717, 1.165) is 18.8 Å². The second-order valence-electron chi connectivity index (χ2n) is 6.33. The first-order valence-electron chi connectivity index (χ1n) is 7.48. The normalized spacial score (nSPS) is 23.7. The Morgan fingerprint density at radius 1 is 1.29 bits per heavy atom. The van der Waals surface area contributed by atoms with Crippen LogP contribution >= 0.6 is 11.6 Å². The van der Waals surface area contributed by atoms with Gasteiger partial charge in [-0.15, -0.1) is 0 Å². The van der Waals surface area contributed by atoms with Crippen LogP contribution in [0.15, 0.2) is 12.1 Å². The number of carbonyl (C=O) groups is 1. The number of nitrogens with zero attached hydrogens (tertiary/aromatic N) is 3. The summed E-state index contributed by atoms with van der Waals surface area (Å²) in [6.45, 7) is 9.89. The minimum absolute atomic E-state index is 0.0491. The molecule has 4 nitrogen and oxygen atoms in total. The summed E-state index contributed by atoms with van der Waals surface area (Å²) < 4.78 is 0. The number of hydrogen-bond donors (Lipinski definition) is 0. The van der Waals surface area contributed by atoms with Crippen molar-refractivity contribution in [3.05, 3.63) is 28.5 Å². The van der Waals surface area contributed by atoms with Gasteiger partial charge in [0.15, 0.2) is 0 Å². The lowest BCUT2D eigenvalue weighted by Crippen LogP contribution is -2.56. The molecular formula is C16H24ClN3O. The van der Waals surface area contributed by atoms with E-state index in [4.69, 9.17) is 11.6 Å². The van der Waals surface area contributed by atoms with Crippen LogP contribution in [0.3, 0.4) is 0 Å². The third-order valence-electron chi connectivity index (χ3n) is 4.30. The average Bonchev–Trinajstić information content (AvgIpc) is 2.42. The largest absolute Gasteiger partial charge is 0.336 e. The molecule has 2 unspecified atom stereocenters. The quantitative estimate of drug-likeness (QED) is 0.788. The lowest BCUT2D eigenvalue weighted by atomic mass is 10.0. The number of halogens is 1. The summed E-state index contributed by atoms with van der Waals surface area (Å²) in [5.74, 6) is 0.300. The van der Waals surface area contributed by atoms with E-state index in [1.54, 1.807) is 6.07 Å². The zero-order valence-electron chi connectivity index (χ0n) is 13.4. The summed E-state index contributed by atoms with van der Waals surface area (Å²) >= 11 is 6.07. The SMILES string of the molecule is CC(C)c1cc(C(=O)N2CC(C)N(C)C(C)C2)cc(Cl)n1. The van der Waals surface area contributed by atoms with Gasteiger partial charge in [0.1, 0.15) is 5.15 Å². The molecule has 1 aromatic heterocycles. The number of amides is 1. The van der Waals surface area contributed by atoms with Crippen LogP contribution < -0.4 is 0 Å². The van der Waals surface area contributed by atoms with Crippen LogP contribution in [0.1, 0.15) is 49.7 Å². The smallest absolute Gasteiger partial charge is 0.254 e. The van der Waals surface area contributed by atoms with Gasteiger partial charge in [-0.1, -0.05) is 25.4 Å². The molecule has 2 heterocycles. The highest BCUT2D eigenvalue weighted by molar-refractivity contribution is 6.29. The van der Waals surface area contributed by atoms with Gasteiger partial charge in [-0.2, -0.15) is 0 Å². The van der Waals surface area contributed by atoms with Crippen LogP contribution in [0, 0.1) is 0 Å². The van der Waals surface area contributed by atoms with Crippen molar-refractivity contribution in [3.63, 3.8) is 0 Å². The van der Waals surface area contributed by atoms with Crippen LogP contribution in [-0.4, -0.2) is 52.9 Å². The van der Waals surface area contributed by atoms with E-state index < -0.39 is 0 Å². The molecular weight excluding hydrogens is 286 g/mol. The predicted molar refractivity (Wildman–Crippen MR) is 85.9 cm³/mol. The molecule has 0 aliphatic carbocycles. The Hall–Kier alpha value is -1.13. The van der Waals surface area contributed by atoms with Gasteiger partial charge in [0.25, 0.3) is 5.91 Å². The summed E-state index contributed by atoms with van der Waals surface area (Å²) in [6, 6.07) is 4.26. The van der Waals surface area contributed by atoms with Crippen molar-refractivity contribution < 1.29 is 4.79 Å². The number of carbonyl (C=O) groups excluding carboxylic acids is 1. The fourth-order valence-electron chi connectivity index (χ4n) is 2.69. The van der Waals surface area contributed by atoms with Crippen molar-refractivity contribution in [2.45, 2.75) is 45.7 Å². The zero-order chi connectivity index (χ0) is 15.7. The van der Waals surface area contributed by atoms with Gasteiger partial charge in [0.2, 0.25) is 0 Å². The van der Waals surface area contributed by atoms with Crippen molar-refractivity contribution >= 4 is 17.5 Å². The number of hydrogen-bond acceptors (Lipinski definition) is 3. The van der Waals surface area contributed by atoms with E-state index in [9.17, 15) is 4.79 Å². The zero-order valence-corrected chi connectivity index (χ0v) is 14.2. The molecule has 1 aromatic rings. The topological polar surface area (TPSA) is 36.4 Å². The first-order valence-corrected chi connectivity index (χ1v) is 7.86.